The molecule has 3 aromatic rings. The number of nitrogens with zero attached hydrogens (tertiary/aromatic N) is 1. The molecule has 0 N–H and O–H groups in total. The number of oxime groups is 1. The van der Waals surface area contributed by atoms with Crippen molar-refractivity contribution in [2.75, 3.05) is 0 Å². The zero-order valence-electron chi connectivity index (χ0n) is 13.5. The maximum absolute atomic E-state index is 12.7. The van der Waals surface area contributed by atoms with Crippen LogP contribution in [0.1, 0.15) is 23.1 Å². The van der Waals surface area contributed by atoms with Crippen molar-refractivity contribution in [1.82, 2.24) is 0 Å². The largest absolute Gasteiger partial charge is 0.391 e. The summed E-state index contributed by atoms with van der Waals surface area (Å²) in [5.74, 6) is 0. The molecule has 0 amide bonds. The predicted octanol–water partition coefficient (Wildman–Crippen LogP) is 5.84. The van der Waals surface area contributed by atoms with Gasteiger partial charge in [-0.25, -0.2) is 8.78 Å². The molecule has 0 saturated heterocycles. The van der Waals surface area contributed by atoms with Crippen LogP contribution in [0.4, 0.5) is 8.78 Å². The standard InChI is InChI=1S/C21H17F2NO/c22-21(23)20-11-4-6-16(12-20)14-24-25-15-17-7-5-10-19(13-17)18-8-2-1-3-9-18/h1-14,21H,15H2. The van der Waals surface area contributed by atoms with Crippen molar-refractivity contribution in [3.63, 3.8) is 0 Å². The molecule has 25 heavy (non-hydrogen) atoms. The predicted molar refractivity (Wildman–Crippen MR) is 95.7 cm³/mol. The fourth-order valence-electron chi connectivity index (χ4n) is 2.46. The Morgan fingerprint density at radius 2 is 1.60 bits per heavy atom. The average molecular weight is 337 g/mol. The van der Waals surface area contributed by atoms with Gasteiger partial charge in [-0.15, -0.1) is 0 Å². The highest BCUT2D eigenvalue weighted by Crippen LogP contribution is 2.21. The van der Waals surface area contributed by atoms with E-state index in [2.05, 4.69) is 5.16 Å². The lowest BCUT2D eigenvalue weighted by Gasteiger charge is -2.05. The fraction of sp³-hybridized carbons (Fsp3) is 0.0952. The normalized spacial score (nSPS) is 11.2. The van der Waals surface area contributed by atoms with Crippen LogP contribution in [0.3, 0.4) is 0 Å². The Labute approximate surface area is 145 Å². The number of benzene rings is 3. The van der Waals surface area contributed by atoms with Crippen LogP contribution in [0.15, 0.2) is 84.0 Å². The van der Waals surface area contributed by atoms with Gasteiger partial charge in [-0.2, -0.15) is 0 Å². The summed E-state index contributed by atoms with van der Waals surface area (Å²) in [7, 11) is 0. The summed E-state index contributed by atoms with van der Waals surface area (Å²) >= 11 is 0. The van der Waals surface area contributed by atoms with Crippen molar-refractivity contribution >= 4 is 6.21 Å². The van der Waals surface area contributed by atoms with E-state index >= 15 is 0 Å². The van der Waals surface area contributed by atoms with Gasteiger partial charge in [0.1, 0.15) is 6.61 Å². The third-order valence-corrected chi connectivity index (χ3v) is 3.70. The van der Waals surface area contributed by atoms with Crippen LogP contribution >= 0.6 is 0 Å². The van der Waals surface area contributed by atoms with Gasteiger partial charge in [-0.3, -0.25) is 0 Å². The van der Waals surface area contributed by atoms with Gasteiger partial charge in [-0.1, -0.05) is 71.9 Å². The van der Waals surface area contributed by atoms with Crippen molar-refractivity contribution in [3.8, 4) is 11.1 Å². The Morgan fingerprint density at radius 1 is 0.840 bits per heavy atom. The van der Waals surface area contributed by atoms with Gasteiger partial charge in [0.15, 0.2) is 0 Å². The smallest absolute Gasteiger partial charge is 0.263 e. The lowest BCUT2D eigenvalue weighted by Crippen LogP contribution is -1.91. The van der Waals surface area contributed by atoms with E-state index in [0.29, 0.717) is 12.2 Å². The quantitative estimate of drug-likeness (QED) is 0.409. The summed E-state index contributed by atoms with van der Waals surface area (Å²) in [4.78, 5) is 5.30. The highest BCUT2D eigenvalue weighted by atomic mass is 19.3. The van der Waals surface area contributed by atoms with Gasteiger partial charge in [-0.05, 0) is 34.4 Å². The molecule has 4 heteroatoms. The minimum absolute atomic E-state index is 0.0282. The van der Waals surface area contributed by atoms with Gasteiger partial charge < -0.3 is 4.84 Å². The Morgan fingerprint density at radius 3 is 2.40 bits per heavy atom. The van der Waals surface area contributed by atoms with Crippen LogP contribution in [-0.2, 0) is 11.4 Å². The topological polar surface area (TPSA) is 21.6 Å². The lowest BCUT2D eigenvalue weighted by atomic mass is 10.0. The second-order valence-electron chi connectivity index (χ2n) is 5.55. The van der Waals surface area contributed by atoms with Crippen molar-refractivity contribution in [3.05, 3.63) is 95.6 Å². The minimum Gasteiger partial charge on any atom is -0.391 e. The van der Waals surface area contributed by atoms with Crippen LogP contribution in [0.2, 0.25) is 0 Å². The average Bonchev–Trinajstić information content (AvgIpc) is 2.66. The maximum Gasteiger partial charge on any atom is 0.263 e. The third kappa shape index (κ3) is 4.73. The van der Waals surface area contributed by atoms with Crippen molar-refractivity contribution in [2.45, 2.75) is 13.0 Å². The molecule has 0 radical (unpaired) electrons. The molecular weight excluding hydrogens is 320 g/mol. The lowest BCUT2D eigenvalue weighted by molar-refractivity contribution is 0.132. The summed E-state index contributed by atoms with van der Waals surface area (Å²) in [5, 5.41) is 3.87. The first-order chi connectivity index (χ1) is 12.2. The molecule has 0 fully saturated rings. The van der Waals surface area contributed by atoms with Gasteiger partial charge in [0.2, 0.25) is 0 Å². The minimum atomic E-state index is -2.49. The zero-order chi connectivity index (χ0) is 17.5. The van der Waals surface area contributed by atoms with Crippen molar-refractivity contribution < 1.29 is 13.6 Å². The van der Waals surface area contributed by atoms with Crippen LogP contribution in [0.25, 0.3) is 11.1 Å². The SMILES string of the molecule is FC(F)c1cccc(C=NOCc2cccc(-c3ccccc3)c2)c1. The molecule has 0 atom stereocenters. The molecule has 0 aliphatic rings. The number of hydrogen-bond acceptors (Lipinski definition) is 2. The number of halogens is 2. The Kier molecular flexibility index (Phi) is 5.52. The van der Waals surface area contributed by atoms with Crippen LogP contribution in [0, 0.1) is 0 Å². The monoisotopic (exact) mass is 337 g/mol. The molecule has 2 nitrogen and oxygen atoms in total. The van der Waals surface area contributed by atoms with Gasteiger partial charge in [0, 0.05) is 5.56 Å². The highest BCUT2D eigenvalue weighted by Gasteiger charge is 2.06. The van der Waals surface area contributed by atoms with E-state index in [1.165, 1.54) is 18.3 Å². The van der Waals surface area contributed by atoms with Gasteiger partial charge in [0.05, 0.1) is 6.21 Å². The second-order valence-corrected chi connectivity index (χ2v) is 5.55. The van der Waals surface area contributed by atoms with E-state index in [1.54, 1.807) is 12.1 Å². The van der Waals surface area contributed by atoms with Crippen LogP contribution < -0.4 is 0 Å². The second kappa shape index (κ2) is 8.20. The first kappa shape index (κ1) is 16.8. The van der Waals surface area contributed by atoms with E-state index < -0.39 is 6.43 Å². The van der Waals surface area contributed by atoms with E-state index in [-0.39, 0.29) is 5.56 Å². The molecule has 0 aliphatic carbocycles. The Hall–Kier alpha value is -3.01. The summed E-state index contributed by atoms with van der Waals surface area (Å²) in [5.41, 5.74) is 3.78. The molecule has 0 bridgehead atoms. The molecule has 3 aromatic carbocycles. The number of hydrogen-bond donors (Lipinski definition) is 0. The molecule has 0 spiro atoms. The summed E-state index contributed by atoms with van der Waals surface area (Å²) < 4.78 is 25.3. The van der Waals surface area contributed by atoms with Gasteiger partial charge >= 0.3 is 0 Å². The van der Waals surface area contributed by atoms with E-state index in [4.69, 9.17) is 4.84 Å². The van der Waals surface area contributed by atoms with Crippen LogP contribution in [-0.4, -0.2) is 6.21 Å². The molecular formula is C21H17F2NO. The maximum atomic E-state index is 12.7. The number of alkyl halides is 2. The Bertz CT molecular complexity index is 847. The summed E-state index contributed by atoms with van der Waals surface area (Å²) in [6.07, 6.45) is -1.05. The van der Waals surface area contributed by atoms with Crippen molar-refractivity contribution in [1.29, 1.82) is 0 Å². The first-order valence-corrected chi connectivity index (χ1v) is 7.90. The fourth-order valence-corrected chi connectivity index (χ4v) is 2.46. The zero-order valence-corrected chi connectivity index (χ0v) is 13.5. The third-order valence-electron chi connectivity index (χ3n) is 3.70. The van der Waals surface area contributed by atoms with E-state index in [9.17, 15) is 8.78 Å². The molecule has 0 aromatic heterocycles. The Balaban J connectivity index is 1.62. The number of rotatable bonds is 6. The first-order valence-electron chi connectivity index (χ1n) is 7.90. The molecule has 0 aliphatic heterocycles. The molecule has 126 valence electrons. The molecule has 0 unspecified atom stereocenters. The highest BCUT2D eigenvalue weighted by molar-refractivity contribution is 5.79. The van der Waals surface area contributed by atoms with Crippen molar-refractivity contribution in [2.24, 2.45) is 5.16 Å². The van der Waals surface area contributed by atoms with E-state index in [1.807, 2.05) is 54.6 Å². The summed E-state index contributed by atoms with van der Waals surface area (Å²) in [6.45, 7) is 0.311. The van der Waals surface area contributed by atoms with Gasteiger partial charge in [0.25, 0.3) is 6.43 Å². The molecule has 3 rings (SSSR count). The van der Waals surface area contributed by atoms with Crippen LogP contribution in [0.5, 0.6) is 0 Å². The molecule has 0 saturated carbocycles. The summed E-state index contributed by atoms with van der Waals surface area (Å²) in [6, 6.07) is 24.1. The molecule has 0 heterocycles. The van der Waals surface area contributed by atoms with E-state index in [0.717, 1.165) is 16.7 Å².